The molecule has 14 aromatic rings. The number of rotatable bonds is 14. The maximum atomic E-state index is 13.3. The fraction of sp³-hybridized carbons (Fsp3) is 0.128. The monoisotopic (exact) mass is 2030 g/mol. The van der Waals surface area contributed by atoms with E-state index in [-0.39, 0.29) is 98.7 Å². The van der Waals surface area contributed by atoms with E-state index in [1.807, 2.05) is 18.2 Å². The van der Waals surface area contributed by atoms with Crippen LogP contribution in [0.4, 0.5) is 26.3 Å². The van der Waals surface area contributed by atoms with Crippen molar-refractivity contribution in [1.82, 2.24) is 54.3 Å². The van der Waals surface area contributed by atoms with Crippen LogP contribution in [0.5, 0.6) is 0 Å². The second-order valence-corrected chi connectivity index (χ2v) is 31.4. The van der Waals surface area contributed by atoms with E-state index in [0.717, 1.165) is 40.1 Å². The Morgan fingerprint density at radius 3 is 1.18 bits per heavy atom. The summed E-state index contributed by atoms with van der Waals surface area (Å²) in [6, 6.07) is 50.8. The first-order valence-electron chi connectivity index (χ1n) is 34.3. The number of aromatic nitrogens is 8. The van der Waals surface area contributed by atoms with Crippen molar-refractivity contribution in [3.63, 3.8) is 0 Å². The molecule has 1 amide bonds. The van der Waals surface area contributed by atoms with Gasteiger partial charge in [0, 0.05) is 62.7 Å². The van der Waals surface area contributed by atoms with Crippen LogP contribution in [0.3, 0.4) is 0 Å². The number of sulfonamides is 2. The van der Waals surface area contributed by atoms with Crippen molar-refractivity contribution in [2.75, 3.05) is 49.2 Å². The number of aliphatic hydroxyl groups is 1. The van der Waals surface area contributed by atoms with Gasteiger partial charge in [0.15, 0.2) is 0 Å². The zero-order valence-corrected chi connectivity index (χ0v) is 74.6. The summed E-state index contributed by atoms with van der Waals surface area (Å²) in [5.41, 5.74) is 13.5. The van der Waals surface area contributed by atoms with Crippen LogP contribution in [0.2, 0.25) is 0 Å². The van der Waals surface area contributed by atoms with E-state index in [1.165, 1.54) is 113 Å². The predicted octanol–water partition coefficient (Wildman–Crippen LogP) is 13.7. The number of carbonyl (C=O) groups is 4. The molecule has 14 rings (SSSR count). The minimum absolute atomic E-state index is 0. The Morgan fingerprint density at radius 2 is 0.838 bits per heavy atom. The van der Waals surface area contributed by atoms with Gasteiger partial charge in [-0.1, -0.05) is 88.0 Å². The number of nitrogens with zero attached hydrogens (tertiary/aromatic N) is 7. The standard InChI is InChI=1S/C22H18BrFN4O3S.C15H10BrFN2O2.C14H8BrFN2O2.C9H7BrN2O2.C8H12N2O2S.C6H4FI.C2H6O.2CH3F.Na.H2O/c1-25-32(30,31)18-8-2-14(3-9-18)12-26-22(29)19-10-15(23)11-21-20(19)13-27-28(21)17-6-4-16(24)5-7-17;1-21-15(20)12-6-9(16)7-14-13(12)8-18-19(14)11-4-2-10(17)3-5-11;15-8-5-11(14(19)20)12-7-17-18(13(12)6-8)10-3-1-9(16)2-4-10;1-14-9(13)6-2-5(10)3-8-7(6)4-11-12-8;1-10-13(11,12)8-4-2-7(6-9)3-5-8;7-5-1-3-6(8)4-2-5;1-2-3;2*1-2;;/h2-11,13,25H,12H2,1H3,(H,26,29);2-8H,1H3;1-7H,(H,19,20);2-4H,1H3,(H,11,12);2-5,10H,6,9H2,1H3;1-4H;3H,2H2,1H3;2*1H3;;1H2/q;;;;;;;;;+1;/p-1/i;;;;;;;2*1D;;. The number of amides is 1. The number of aromatic carboxylic acids is 1. The molecule has 0 radical (unpaired) electrons. The maximum absolute atomic E-state index is 13.3. The number of carboxylic acid groups (broad SMARTS) is 1. The summed E-state index contributed by atoms with van der Waals surface area (Å²) < 4.78 is 151. The number of benzene rings is 10. The third-order valence-electron chi connectivity index (χ3n) is 15.5. The molecule has 0 bridgehead atoms. The van der Waals surface area contributed by atoms with E-state index in [0.29, 0.717) is 76.4 Å². The topological polar surface area (TPSA) is 370 Å². The number of fused-ring (bicyclic) bond motifs is 4. The number of nitrogens with two attached hydrogens (primary N) is 1. The molecule has 117 heavy (non-hydrogen) atoms. The van der Waals surface area contributed by atoms with Gasteiger partial charge in [0.1, 0.15) is 23.3 Å². The van der Waals surface area contributed by atoms with Gasteiger partial charge in [-0.15, -0.1) is 0 Å². The molecule has 9 N–H and O–H groups in total. The Hall–Kier alpha value is -9.11. The number of hydrogen-bond donors (Lipinski definition) is 7. The molecule has 0 aliphatic carbocycles. The van der Waals surface area contributed by atoms with Crippen LogP contribution in [0.1, 0.15) is 62.2 Å². The number of carboxylic acids is 1. The van der Waals surface area contributed by atoms with Crippen molar-refractivity contribution in [3.8, 4) is 17.1 Å². The number of esters is 2. The van der Waals surface area contributed by atoms with Crippen LogP contribution in [-0.2, 0) is 42.6 Å². The maximum Gasteiger partial charge on any atom is 1.00 e. The normalized spacial score (nSPS) is 10.6. The first-order chi connectivity index (χ1) is 55.8. The summed E-state index contributed by atoms with van der Waals surface area (Å²) in [7, 11) is -3.41. The number of H-pyrrole nitrogens is 1. The third kappa shape index (κ3) is 28.0. The van der Waals surface area contributed by atoms with E-state index in [2.05, 4.69) is 131 Å². The molecule has 0 aliphatic rings. The van der Waals surface area contributed by atoms with Gasteiger partial charge in [0.05, 0.1) is 127 Å². The van der Waals surface area contributed by atoms with Crippen LogP contribution >= 0.6 is 86.3 Å². The summed E-state index contributed by atoms with van der Waals surface area (Å²) in [4.78, 5) is 47.8. The molecule has 0 saturated heterocycles. The van der Waals surface area contributed by atoms with Crippen LogP contribution < -0.4 is 50.1 Å². The fourth-order valence-corrected chi connectivity index (χ4v) is 13.7. The molecule has 0 spiro atoms. The average molecular weight is 2040 g/mol. The van der Waals surface area contributed by atoms with Crippen molar-refractivity contribution in [3.05, 3.63) is 297 Å². The zero-order chi connectivity index (χ0) is 86.3. The van der Waals surface area contributed by atoms with Gasteiger partial charge < -0.3 is 36.2 Å². The molecule has 612 valence electrons. The van der Waals surface area contributed by atoms with Crippen molar-refractivity contribution in [2.24, 2.45) is 5.73 Å². The van der Waals surface area contributed by atoms with E-state index in [4.69, 9.17) is 18.3 Å². The van der Waals surface area contributed by atoms with Gasteiger partial charge in [0.25, 0.3) is 5.91 Å². The number of aliphatic hydroxyl groups excluding tert-OH is 1. The summed E-state index contributed by atoms with van der Waals surface area (Å²) in [5, 5.41) is 41.7. The molecule has 39 heteroatoms. The fourth-order valence-electron chi connectivity index (χ4n) is 10.1. The third-order valence-corrected chi connectivity index (χ3v) is 20.9. The van der Waals surface area contributed by atoms with Gasteiger partial charge in [-0.05, 0) is 225 Å². The Labute approximate surface area is 739 Å². The number of ether oxygens (including phenoxy) is 2. The van der Waals surface area contributed by atoms with Crippen LogP contribution in [0.15, 0.2) is 247 Å². The largest absolute Gasteiger partial charge is 1.00 e. The molecule has 0 unspecified atom stereocenters. The molecule has 0 aliphatic heterocycles. The second kappa shape index (κ2) is 48.7. The Bertz CT molecular complexity index is 5890. The van der Waals surface area contributed by atoms with Gasteiger partial charge >= 0.3 is 47.5 Å². The van der Waals surface area contributed by atoms with Gasteiger partial charge in [-0.3, -0.25) is 18.7 Å². The van der Waals surface area contributed by atoms with E-state index in [9.17, 15) is 67.5 Å². The minimum Gasteiger partial charge on any atom is -0.870 e. The molecular weight excluding hydrogens is 1960 g/mol. The average Bonchev–Trinajstić information content (AvgIpc) is 1.86. The molecular formula is C78H72Br4F6IN12NaO13S2. The van der Waals surface area contributed by atoms with Crippen LogP contribution in [0.25, 0.3) is 60.7 Å². The summed E-state index contributed by atoms with van der Waals surface area (Å²) >= 11 is 15.5. The molecule has 0 saturated carbocycles. The van der Waals surface area contributed by atoms with E-state index < -0.39 is 46.3 Å². The number of nitrogens with one attached hydrogen (secondary N) is 4. The SMILES string of the molecule is CCO.CNS(=O)(=O)c1ccc(CN)cc1.CNS(=O)(=O)c1ccc(CNC(=O)c2cc(Br)cc3c2cnn3-c2ccc(F)cc2)cc1.COC(=O)c1cc(Br)cc2[nH]ncc12.COC(=O)c1cc(Br)cc2c1cnn2-c1ccc(F)cc1.Fc1ccc(I)cc1.O=C(O)c1cc(Br)cc2c1cnn2-c1ccc(F)cc1.[2H]CF.[2H]CF.[Na+].[OH-]. The van der Waals surface area contributed by atoms with Crippen LogP contribution in [0, 0.1) is 26.8 Å². The molecule has 4 heterocycles. The predicted molar refractivity (Wildman–Crippen MR) is 452 cm³/mol. The summed E-state index contributed by atoms with van der Waals surface area (Å²) in [6.45, 7) is 2.57. The van der Waals surface area contributed by atoms with E-state index in [1.54, 1.807) is 137 Å². The number of aromatic amines is 1. The zero-order valence-electron chi connectivity index (χ0n) is 64.4. The number of halogens is 11. The van der Waals surface area contributed by atoms with Crippen molar-refractivity contribution < 1.29 is 120 Å². The quantitative estimate of drug-likeness (QED) is 0.0230. The number of hydrogen-bond acceptors (Lipinski definition) is 17. The summed E-state index contributed by atoms with van der Waals surface area (Å²) in [5.74, 6) is -3.28. The number of methoxy groups -OCH3 is 2. The molecule has 4 aromatic heterocycles. The van der Waals surface area contributed by atoms with Crippen molar-refractivity contribution >= 4 is 174 Å². The Kier molecular flexibility index (Phi) is 40.3. The van der Waals surface area contributed by atoms with Crippen molar-refractivity contribution in [2.45, 2.75) is 29.8 Å². The molecule has 0 atom stereocenters. The Balaban J connectivity index is 0.000000305. The van der Waals surface area contributed by atoms with Crippen LogP contribution in [-0.4, -0.2) is 145 Å². The first kappa shape index (κ1) is 96.7. The molecule has 10 aromatic carbocycles. The smallest absolute Gasteiger partial charge is 0.870 e. The molecule has 25 nitrogen and oxygen atoms in total. The van der Waals surface area contributed by atoms with Gasteiger partial charge in [-0.2, -0.15) is 20.4 Å². The van der Waals surface area contributed by atoms with E-state index >= 15 is 0 Å². The summed E-state index contributed by atoms with van der Waals surface area (Å²) in [6.07, 6.45) is 6.29. The second-order valence-electron chi connectivity index (χ2n) is 22.7. The van der Waals surface area contributed by atoms with Gasteiger partial charge in [0.2, 0.25) is 20.0 Å². The number of carbonyl (C=O) groups excluding carboxylic acids is 3. The first-order valence-corrected chi connectivity index (χ1v) is 40.1. The molecule has 0 fully saturated rings. The minimum atomic E-state index is -3.51. The van der Waals surface area contributed by atoms with Gasteiger partial charge in [-0.25, -0.2) is 72.3 Å². The number of alkyl halides is 2. The van der Waals surface area contributed by atoms with Crippen molar-refractivity contribution in [1.29, 1.82) is 0 Å². The Morgan fingerprint density at radius 1 is 0.521 bits per heavy atom.